The number of benzene rings is 3. The summed E-state index contributed by atoms with van der Waals surface area (Å²) >= 11 is 0. The number of hydrogen-bond donors (Lipinski definition) is 2. The molecule has 0 radical (unpaired) electrons. The maximum atomic E-state index is 12.6. The van der Waals surface area contributed by atoms with Gasteiger partial charge < -0.3 is 15.4 Å². The number of carbonyl (C=O) groups is 2. The lowest BCUT2D eigenvalue weighted by Gasteiger charge is -2.19. The number of nitrogens with one attached hydrogen (secondary N) is 2. The largest absolute Gasteiger partial charge is 0.484 e. The Bertz CT molecular complexity index is 1110. The standard InChI is InChI=1S/C29H34N2O3/c1-6-20(2)21-12-16-26(17-13-21)34-19-27(32)30-24-8-7-9-25(18-24)31-28(33)22-10-14-23(15-11-22)29(3,4)5/h7-18,20H,6,19H2,1-5H3,(H,30,32)(H,31,33)/t20-/m0/s1. The van der Waals surface area contributed by atoms with Gasteiger partial charge in [-0.1, -0.05) is 65.0 Å². The molecule has 0 aromatic heterocycles. The molecule has 3 aromatic carbocycles. The summed E-state index contributed by atoms with van der Waals surface area (Å²) in [5.41, 5.74) is 4.22. The molecule has 0 heterocycles. The van der Waals surface area contributed by atoms with E-state index in [9.17, 15) is 9.59 Å². The van der Waals surface area contributed by atoms with E-state index in [0.29, 0.717) is 28.6 Å². The van der Waals surface area contributed by atoms with Crippen LogP contribution in [0.3, 0.4) is 0 Å². The van der Waals surface area contributed by atoms with E-state index in [1.54, 1.807) is 24.3 Å². The van der Waals surface area contributed by atoms with Crippen LogP contribution in [0.1, 0.15) is 68.4 Å². The fourth-order valence-corrected chi connectivity index (χ4v) is 3.47. The summed E-state index contributed by atoms with van der Waals surface area (Å²) in [6.45, 7) is 10.6. The van der Waals surface area contributed by atoms with Crippen LogP contribution in [0.25, 0.3) is 0 Å². The Labute approximate surface area is 202 Å². The Morgan fingerprint density at radius 2 is 1.50 bits per heavy atom. The van der Waals surface area contributed by atoms with Crippen molar-refractivity contribution in [1.29, 1.82) is 0 Å². The summed E-state index contributed by atoms with van der Waals surface area (Å²) in [4.78, 5) is 25.0. The van der Waals surface area contributed by atoms with Crippen molar-refractivity contribution in [3.05, 3.63) is 89.5 Å². The summed E-state index contributed by atoms with van der Waals surface area (Å²) < 4.78 is 5.61. The number of rotatable bonds is 8. The second kappa shape index (κ2) is 11.0. The molecule has 178 valence electrons. The molecule has 0 aliphatic heterocycles. The SMILES string of the molecule is CC[C@H](C)c1ccc(OCC(=O)Nc2cccc(NC(=O)c3ccc(C(C)(C)C)cc3)c2)cc1. The number of ether oxygens (including phenoxy) is 1. The maximum absolute atomic E-state index is 12.6. The molecule has 0 aliphatic carbocycles. The molecule has 5 heteroatoms. The van der Waals surface area contributed by atoms with E-state index in [1.807, 2.05) is 48.5 Å². The van der Waals surface area contributed by atoms with E-state index < -0.39 is 0 Å². The number of carbonyl (C=O) groups excluding carboxylic acids is 2. The average molecular weight is 459 g/mol. The number of anilines is 2. The molecule has 0 aliphatic rings. The summed E-state index contributed by atoms with van der Waals surface area (Å²) in [6.07, 6.45) is 1.08. The van der Waals surface area contributed by atoms with Gasteiger partial charge in [-0.3, -0.25) is 9.59 Å². The Hall–Kier alpha value is -3.60. The van der Waals surface area contributed by atoms with Gasteiger partial charge >= 0.3 is 0 Å². The average Bonchev–Trinajstić information content (AvgIpc) is 2.82. The van der Waals surface area contributed by atoms with Crippen LogP contribution in [-0.4, -0.2) is 18.4 Å². The zero-order valence-electron chi connectivity index (χ0n) is 20.6. The van der Waals surface area contributed by atoms with Crippen LogP contribution in [0.4, 0.5) is 11.4 Å². The second-order valence-electron chi connectivity index (χ2n) is 9.58. The zero-order chi connectivity index (χ0) is 24.7. The molecule has 3 aromatic rings. The Kier molecular flexibility index (Phi) is 8.11. The fraction of sp³-hybridized carbons (Fsp3) is 0.310. The second-order valence-corrected chi connectivity index (χ2v) is 9.58. The summed E-state index contributed by atoms with van der Waals surface area (Å²) in [5.74, 6) is 0.675. The molecule has 0 saturated heterocycles. The third-order valence-corrected chi connectivity index (χ3v) is 5.85. The molecule has 0 saturated carbocycles. The minimum absolute atomic E-state index is 0.0301. The van der Waals surface area contributed by atoms with Crippen molar-refractivity contribution in [3.8, 4) is 5.75 Å². The highest BCUT2D eigenvalue weighted by molar-refractivity contribution is 6.04. The molecule has 1 atom stereocenters. The highest BCUT2D eigenvalue weighted by Gasteiger charge is 2.14. The Morgan fingerprint density at radius 3 is 2.09 bits per heavy atom. The van der Waals surface area contributed by atoms with Crippen molar-refractivity contribution >= 4 is 23.2 Å². The highest BCUT2D eigenvalue weighted by Crippen LogP contribution is 2.23. The minimum Gasteiger partial charge on any atom is -0.484 e. The fourth-order valence-electron chi connectivity index (χ4n) is 3.47. The van der Waals surface area contributed by atoms with E-state index in [2.05, 4.69) is 45.3 Å². The molecule has 0 fully saturated rings. The summed E-state index contributed by atoms with van der Waals surface area (Å²) in [7, 11) is 0. The Morgan fingerprint density at radius 1 is 0.882 bits per heavy atom. The zero-order valence-corrected chi connectivity index (χ0v) is 20.6. The van der Waals surface area contributed by atoms with Gasteiger partial charge in [0, 0.05) is 16.9 Å². The maximum Gasteiger partial charge on any atom is 0.262 e. The third-order valence-electron chi connectivity index (χ3n) is 5.85. The molecule has 0 spiro atoms. The van der Waals surface area contributed by atoms with Crippen LogP contribution >= 0.6 is 0 Å². The lowest BCUT2D eigenvalue weighted by Crippen LogP contribution is -2.20. The van der Waals surface area contributed by atoms with Gasteiger partial charge in [-0.25, -0.2) is 0 Å². The molecule has 0 bridgehead atoms. The topological polar surface area (TPSA) is 67.4 Å². The van der Waals surface area contributed by atoms with Crippen LogP contribution in [0.2, 0.25) is 0 Å². The third kappa shape index (κ3) is 6.95. The van der Waals surface area contributed by atoms with Gasteiger partial charge in [0.15, 0.2) is 6.61 Å². The molecule has 5 nitrogen and oxygen atoms in total. The molecule has 2 amide bonds. The van der Waals surface area contributed by atoms with Gasteiger partial charge in [0.1, 0.15) is 5.75 Å². The van der Waals surface area contributed by atoms with Crippen molar-refractivity contribution < 1.29 is 14.3 Å². The molecule has 0 unspecified atom stereocenters. The molecular formula is C29H34N2O3. The van der Waals surface area contributed by atoms with Crippen molar-refractivity contribution in [2.45, 2.75) is 52.4 Å². The van der Waals surface area contributed by atoms with Crippen molar-refractivity contribution in [2.24, 2.45) is 0 Å². The number of hydrogen-bond acceptors (Lipinski definition) is 3. The highest BCUT2D eigenvalue weighted by atomic mass is 16.5. The van der Waals surface area contributed by atoms with E-state index >= 15 is 0 Å². The number of amides is 2. The first-order valence-corrected chi connectivity index (χ1v) is 11.7. The van der Waals surface area contributed by atoms with Crippen LogP contribution in [0.5, 0.6) is 5.75 Å². The van der Waals surface area contributed by atoms with Crippen molar-refractivity contribution in [2.75, 3.05) is 17.2 Å². The van der Waals surface area contributed by atoms with Crippen molar-refractivity contribution in [3.63, 3.8) is 0 Å². The van der Waals surface area contributed by atoms with E-state index in [-0.39, 0.29) is 23.8 Å². The molecule has 2 N–H and O–H groups in total. The first kappa shape index (κ1) is 25.0. The van der Waals surface area contributed by atoms with Gasteiger partial charge in [0.2, 0.25) is 0 Å². The van der Waals surface area contributed by atoms with E-state index in [0.717, 1.165) is 6.42 Å². The summed E-state index contributed by atoms with van der Waals surface area (Å²) in [5, 5.41) is 5.70. The van der Waals surface area contributed by atoms with Crippen LogP contribution in [0, 0.1) is 0 Å². The van der Waals surface area contributed by atoms with Crippen LogP contribution < -0.4 is 15.4 Å². The van der Waals surface area contributed by atoms with Crippen molar-refractivity contribution in [1.82, 2.24) is 0 Å². The lowest BCUT2D eigenvalue weighted by molar-refractivity contribution is -0.118. The van der Waals surface area contributed by atoms with Gasteiger partial charge in [0.25, 0.3) is 11.8 Å². The smallest absolute Gasteiger partial charge is 0.262 e. The lowest BCUT2D eigenvalue weighted by atomic mass is 9.87. The predicted molar refractivity (Wildman–Crippen MR) is 139 cm³/mol. The quantitative estimate of drug-likeness (QED) is 0.391. The van der Waals surface area contributed by atoms with E-state index in [1.165, 1.54) is 11.1 Å². The molecular weight excluding hydrogens is 424 g/mol. The van der Waals surface area contributed by atoms with Gasteiger partial charge in [-0.2, -0.15) is 0 Å². The van der Waals surface area contributed by atoms with Gasteiger partial charge in [0.05, 0.1) is 0 Å². The first-order chi connectivity index (χ1) is 16.2. The minimum atomic E-state index is -0.271. The predicted octanol–water partition coefficient (Wildman–Crippen LogP) is 6.77. The first-order valence-electron chi connectivity index (χ1n) is 11.7. The van der Waals surface area contributed by atoms with E-state index in [4.69, 9.17) is 4.74 Å². The van der Waals surface area contributed by atoms with Crippen LogP contribution in [-0.2, 0) is 10.2 Å². The Balaban J connectivity index is 1.54. The van der Waals surface area contributed by atoms with Gasteiger partial charge in [-0.05, 0) is 71.3 Å². The van der Waals surface area contributed by atoms with Gasteiger partial charge in [-0.15, -0.1) is 0 Å². The summed E-state index contributed by atoms with van der Waals surface area (Å²) in [6, 6.07) is 22.5. The van der Waals surface area contributed by atoms with Crippen LogP contribution in [0.15, 0.2) is 72.8 Å². The monoisotopic (exact) mass is 458 g/mol. The normalized spacial score (nSPS) is 12.0. The molecule has 3 rings (SSSR count). The molecule has 34 heavy (non-hydrogen) atoms.